The van der Waals surface area contributed by atoms with Crippen LogP contribution in [0.3, 0.4) is 0 Å². The van der Waals surface area contributed by atoms with Crippen LogP contribution in [0, 0.1) is 13.8 Å². The molecule has 2 aromatic carbocycles. The first-order valence-electron chi connectivity index (χ1n) is 8.40. The third kappa shape index (κ3) is 4.25. The molecule has 1 aliphatic rings. The van der Waals surface area contributed by atoms with E-state index in [9.17, 15) is 4.79 Å². The molecule has 0 saturated carbocycles. The Bertz CT molecular complexity index is 766. The van der Waals surface area contributed by atoms with Crippen LogP contribution < -0.4 is 0 Å². The maximum Gasteiger partial charge on any atom is 0.436 e. The second-order valence-electron chi connectivity index (χ2n) is 6.06. The van der Waals surface area contributed by atoms with E-state index in [-0.39, 0.29) is 0 Å². The van der Waals surface area contributed by atoms with Crippen LogP contribution in [-0.4, -0.2) is 43.0 Å². The van der Waals surface area contributed by atoms with Crippen molar-refractivity contribution in [3.05, 3.63) is 70.8 Å². The Hall–Kier alpha value is -2.66. The largest absolute Gasteiger partial charge is 0.436 e. The van der Waals surface area contributed by atoms with Crippen molar-refractivity contribution in [2.45, 2.75) is 13.8 Å². The molecule has 2 aromatic rings. The van der Waals surface area contributed by atoms with Crippen LogP contribution >= 0.6 is 0 Å². The van der Waals surface area contributed by atoms with Gasteiger partial charge in [-0.2, -0.15) is 0 Å². The van der Waals surface area contributed by atoms with Crippen LogP contribution in [0.2, 0.25) is 0 Å². The Labute approximate surface area is 147 Å². The molecule has 0 radical (unpaired) electrons. The SMILES string of the molecule is Cc1ccc(C(=NOC(=O)N2CCOCC2)c2ccccc2)cc1C. The Morgan fingerprint density at radius 1 is 1.00 bits per heavy atom. The molecular weight excluding hydrogens is 316 g/mol. The number of carbonyl (C=O) groups excluding carboxylic acids is 1. The van der Waals surface area contributed by atoms with Crippen LogP contribution in [0.25, 0.3) is 0 Å². The number of amides is 1. The molecule has 1 saturated heterocycles. The predicted molar refractivity (Wildman–Crippen MR) is 96.9 cm³/mol. The monoisotopic (exact) mass is 338 g/mol. The highest BCUT2D eigenvalue weighted by Crippen LogP contribution is 2.16. The molecule has 5 nitrogen and oxygen atoms in total. The number of carbonyl (C=O) groups is 1. The lowest BCUT2D eigenvalue weighted by atomic mass is 9.99. The Kier molecular flexibility index (Phi) is 5.46. The third-order valence-corrected chi connectivity index (χ3v) is 4.31. The Morgan fingerprint density at radius 2 is 1.72 bits per heavy atom. The summed E-state index contributed by atoms with van der Waals surface area (Å²) in [4.78, 5) is 19.1. The Balaban J connectivity index is 1.88. The summed E-state index contributed by atoms with van der Waals surface area (Å²) in [6, 6.07) is 15.8. The number of aryl methyl sites for hydroxylation is 2. The predicted octanol–water partition coefficient (Wildman–Crippen LogP) is 3.52. The fourth-order valence-corrected chi connectivity index (χ4v) is 2.65. The summed E-state index contributed by atoms with van der Waals surface area (Å²) in [6.07, 6.45) is -0.444. The van der Waals surface area contributed by atoms with E-state index < -0.39 is 6.09 Å². The number of hydrogen-bond acceptors (Lipinski definition) is 4. The number of benzene rings is 2. The summed E-state index contributed by atoms with van der Waals surface area (Å²) in [5.41, 5.74) is 4.84. The first kappa shape index (κ1) is 17.2. The lowest BCUT2D eigenvalue weighted by molar-refractivity contribution is 0.0280. The Morgan fingerprint density at radius 3 is 2.40 bits per heavy atom. The van der Waals surface area contributed by atoms with Gasteiger partial charge in [0.15, 0.2) is 0 Å². The van der Waals surface area contributed by atoms with Crippen molar-refractivity contribution < 1.29 is 14.4 Å². The second-order valence-corrected chi connectivity index (χ2v) is 6.06. The molecule has 0 bridgehead atoms. The quantitative estimate of drug-likeness (QED) is 0.489. The summed E-state index contributed by atoms with van der Waals surface area (Å²) >= 11 is 0. The van der Waals surface area contributed by atoms with Gasteiger partial charge in [-0.15, -0.1) is 0 Å². The van der Waals surface area contributed by atoms with Gasteiger partial charge in [0.05, 0.1) is 13.2 Å². The fourth-order valence-electron chi connectivity index (χ4n) is 2.65. The van der Waals surface area contributed by atoms with E-state index in [0.29, 0.717) is 32.0 Å². The van der Waals surface area contributed by atoms with E-state index >= 15 is 0 Å². The number of oxime groups is 1. The van der Waals surface area contributed by atoms with Crippen LogP contribution in [0.4, 0.5) is 4.79 Å². The number of rotatable bonds is 3. The van der Waals surface area contributed by atoms with Crippen molar-refractivity contribution in [1.82, 2.24) is 4.90 Å². The average Bonchev–Trinajstić information content (AvgIpc) is 2.66. The van der Waals surface area contributed by atoms with Crippen LogP contribution in [-0.2, 0) is 9.57 Å². The van der Waals surface area contributed by atoms with Gasteiger partial charge in [-0.25, -0.2) is 4.79 Å². The summed E-state index contributed by atoms with van der Waals surface area (Å²) in [6.45, 7) is 6.23. The van der Waals surface area contributed by atoms with Crippen LogP contribution in [0.15, 0.2) is 53.7 Å². The highest BCUT2D eigenvalue weighted by atomic mass is 16.7. The van der Waals surface area contributed by atoms with Gasteiger partial charge >= 0.3 is 6.09 Å². The standard InChI is InChI=1S/C20H22N2O3/c1-15-8-9-18(14-16(15)2)19(17-6-4-3-5-7-17)21-25-20(23)22-10-12-24-13-11-22/h3-9,14H,10-13H2,1-2H3. The molecule has 0 aliphatic carbocycles. The molecule has 1 fully saturated rings. The lowest BCUT2D eigenvalue weighted by Crippen LogP contribution is -2.40. The summed E-state index contributed by atoms with van der Waals surface area (Å²) in [7, 11) is 0. The number of hydrogen-bond donors (Lipinski definition) is 0. The van der Waals surface area contributed by atoms with E-state index in [1.807, 2.05) is 42.5 Å². The molecule has 0 N–H and O–H groups in total. The van der Waals surface area contributed by atoms with E-state index in [2.05, 4.69) is 25.1 Å². The highest BCUT2D eigenvalue weighted by molar-refractivity contribution is 6.12. The van der Waals surface area contributed by atoms with Gasteiger partial charge in [-0.1, -0.05) is 47.6 Å². The van der Waals surface area contributed by atoms with E-state index in [4.69, 9.17) is 9.57 Å². The molecule has 1 aliphatic heterocycles. The zero-order valence-electron chi connectivity index (χ0n) is 14.6. The minimum Gasteiger partial charge on any atom is -0.378 e. The minimum absolute atomic E-state index is 0.444. The van der Waals surface area contributed by atoms with Crippen molar-refractivity contribution in [3.8, 4) is 0 Å². The smallest absolute Gasteiger partial charge is 0.378 e. The van der Waals surface area contributed by atoms with Crippen LogP contribution in [0.5, 0.6) is 0 Å². The fraction of sp³-hybridized carbons (Fsp3) is 0.300. The van der Waals surface area contributed by atoms with Gasteiger partial charge in [0.25, 0.3) is 0 Å². The molecule has 25 heavy (non-hydrogen) atoms. The molecule has 1 amide bonds. The highest BCUT2D eigenvalue weighted by Gasteiger charge is 2.19. The van der Waals surface area contributed by atoms with Gasteiger partial charge in [-0.05, 0) is 31.0 Å². The van der Waals surface area contributed by atoms with Crippen molar-refractivity contribution >= 4 is 11.8 Å². The van der Waals surface area contributed by atoms with Gasteiger partial charge < -0.3 is 9.64 Å². The normalized spacial score (nSPS) is 15.1. The van der Waals surface area contributed by atoms with Crippen molar-refractivity contribution in [1.29, 1.82) is 0 Å². The molecule has 1 heterocycles. The van der Waals surface area contributed by atoms with Crippen molar-refractivity contribution in [2.24, 2.45) is 5.16 Å². The summed E-state index contributed by atoms with van der Waals surface area (Å²) in [5, 5.41) is 4.19. The topological polar surface area (TPSA) is 51.1 Å². The van der Waals surface area contributed by atoms with E-state index in [1.54, 1.807) is 4.90 Å². The third-order valence-electron chi connectivity index (χ3n) is 4.31. The molecule has 5 heteroatoms. The molecule has 3 rings (SSSR count). The number of morpholine rings is 1. The maximum atomic E-state index is 12.2. The molecule has 0 spiro atoms. The van der Waals surface area contributed by atoms with Crippen LogP contribution in [0.1, 0.15) is 22.3 Å². The lowest BCUT2D eigenvalue weighted by Gasteiger charge is -2.24. The first-order valence-corrected chi connectivity index (χ1v) is 8.40. The number of nitrogens with zero attached hydrogens (tertiary/aromatic N) is 2. The molecule has 0 unspecified atom stereocenters. The second kappa shape index (κ2) is 7.94. The zero-order valence-corrected chi connectivity index (χ0v) is 14.6. The molecule has 0 aromatic heterocycles. The van der Waals surface area contributed by atoms with Crippen molar-refractivity contribution in [3.63, 3.8) is 0 Å². The van der Waals surface area contributed by atoms with Gasteiger partial charge in [0.1, 0.15) is 5.71 Å². The number of ether oxygens (including phenoxy) is 1. The zero-order chi connectivity index (χ0) is 17.6. The van der Waals surface area contributed by atoms with Gasteiger partial charge in [-0.3, -0.25) is 4.84 Å². The maximum absolute atomic E-state index is 12.2. The molecule has 130 valence electrons. The molecule has 0 atom stereocenters. The summed E-state index contributed by atoms with van der Waals surface area (Å²) in [5.74, 6) is 0. The van der Waals surface area contributed by atoms with Gasteiger partial charge in [0.2, 0.25) is 0 Å². The minimum atomic E-state index is -0.444. The summed E-state index contributed by atoms with van der Waals surface area (Å²) < 4.78 is 5.25. The van der Waals surface area contributed by atoms with Gasteiger partial charge in [0, 0.05) is 24.2 Å². The first-order chi connectivity index (χ1) is 12.1. The van der Waals surface area contributed by atoms with E-state index in [0.717, 1.165) is 11.1 Å². The van der Waals surface area contributed by atoms with Crippen molar-refractivity contribution in [2.75, 3.05) is 26.3 Å². The average molecular weight is 338 g/mol. The molecular formula is C20H22N2O3. The van der Waals surface area contributed by atoms with E-state index in [1.165, 1.54) is 11.1 Å².